The van der Waals surface area contributed by atoms with Crippen LogP contribution in [0.15, 0.2) is 78.8 Å². The summed E-state index contributed by atoms with van der Waals surface area (Å²) < 4.78 is 10.8. The highest BCUT2D eigenvalue weighted by Crippen LogP contribution is 2.33. The maximum absolute atomic E-state index is 5.50. The van der Waals surface area contributed by atoms with Crippen LogP contribution in [0.5, 0.6) is 5.75 Å². The number of hydrogen-bond acceptors (Lipinski definition) is 5. The lowest BCUT2D eigenvalue weighted by Crippen LogP contribution is -2.22. The van der Waals surface area contributed by atoms with Gasteiger partial charge < -0.3 is 9.47 Å². The Morgan fingerprint density at radius 3 is 2.52 bits per heavy atom. The van der Waals surface area contributed by atoms with Gasteiger partial charge in [-0.2, -0.15) is 0 Å². The molecule has 0 spiro atoms. The van der Waals surface area contributed by atoms with Crippen molar-refractivity contribution in [3.8, 4) is 17.0 Å². The summed E-state index contributed by atoms with van der Waals surface area (Å²) in [6, 6.07) is 20.2. The molecule has 0 amide bonds. The molecule has 0 saturated carbocycles. The smallest absolute Gasteiger partial charge is 0.141 e. The standard InChI is InChI=1S/C22H21N3O2/c1-26-20-9-7-18(8-10-20)25(19-11-13-27-14-12-19)22-15-21(23-16-24-22)17-5-3-2-4-6-17/h2-11,15-16H,12-14H2,1H3. The highest BCUT2D eigenvalue weighted by atomic mass is 16.5. The summed E-state index contributed by atoms with van der Waals surface area (Å²) in [7, 11) is 1.67. The molecule has 0 radical (unpaired) electrons. The minimum Gasteiger partial charge on any atom is -0.497 e. The Kier molecular flexibility index (Phi) is 5.12. The average Bonchev–Trinajstić information content (AvgIpc) is 2.76. The van der Waals surface area contributed by atoms with E-state index in [1.165, 1.54) is 5.70 Å². The fraction of sp³-hybridized carbons (Fsp3) is 0.182. The van der Waals surface area contributed by atoms with E-state index in [-0.39, 0.29) is 0 Å². The van der Waals surface area contributed by atoms with Crippen LogP contribution >= 0.6 is 0 Å². The van der Waals surface area contributed by atoms with Crippen LogP contribution in [-0.4, -0.2) is 30.3 Å². The SMILES string of the molecule is COc1ccc(N(C2=CCOCC2)c2cc(-c3ccccc3)ncn2)cc1. The van der Waals surface area contributed by atoms with Crippen LogP contribution in [0.25, 0.3) is 11.3 Å². The zero-order valence-corrected chi connectivity index (χ0v) is 15.2. The van der Waals surface area contributed by atoms with E-state index < -0.39 is 0 Å². The van der Waals surface area contributed by atoms with Crippen molar-refractivity contribution in [3.63, 3.8) is 0 Å². The van der Waals surface area contributed by atoms with Crippen LogP contribution in [0.4, 0.5) is 11.5 Å². The van der Waals surface area contributed by atoms with Gasteiger partial charge in [-0.15, -0.1) is 0 Å². The molecular formula is C22H21N3O2. The van der Waals surface area contributed by atoms with Crippen molar-refractivity contribution in [1.29, 1.82) is 0 Å². The van der Waals surface area contributed by atoms with Gasteiger partial charge >= 0.3 is 0 Å². The maximum atomic E-state index is 5.50. The first kappa shape index (κ1) is 17.2. The summed E-state index contributed by atoms with van der Waals surface area (Å²) in [6.45, 7) is 1.31. The monoisotopic (exact) mass is 359 g/mol. The van der Waals surface area contributed by atoms with Crippen LogP contribution in [0.2, 0.25) is 0 Å². The molecule has 0 N–H and O–H groups in total. The Morgan fingerprint density at radius 1 is 1.00 bits per heavy atom. The molecule has 2 aromatic carbocycles. The first-order valence-electron chi connectivity index (χ1n) is 8.93. The topological polar surface area (TPSA) is 47.5 Å². The molecule has 136 valence electrons. The number of ether oxygens (including phenoxy) is 2. The first-order valence-corrected chi connectivity index (χ1v) is 8.93. The molecule has 5 nitrogen and oxygen atoms in total. The normalized spacial score (nSPS) is 13.7. The molecule has 1 aromatic heterocycles. The molecular weight excluding hydrogens is 338 g/mol. The van der Waals surface area contributed by atoms with Crippen LogP contribution in [0.3, 0.4) is 0 Å². The van der Waals surface area contributed by atoms with E-state index in [0.717, 1.165) is 34.9 Å². The van der Waals surface area contributed by atoms with Crippen molar-refractivity contribution in [1.82, 2.24) is 9.97 Å². The van der Waals surface area contributed by atoms with Gasteiger partial charge in [-0.05, 0) is 30.3 Å². The van der Waals surface area contributed by atoms with Crippen LogP contribution < -0.4 is 9.64 Å². The summed E-state index contributed by atoms with van der Waals surface area (Å²) in [6.07, 6.45) is 4.56. The van der Waals surface area contributed by atoms with Gasteiger partial charge in [-0.3, -0.25) is 4.90 Å². The van der Waals surface area contributed by atoms with Crippen molar-refractivity contribution in [2.45, 2.75) is 6.42 Å². The Bertz CT molecular complexity index is 924. The second-order valence-corrected chi connectivity index (χ2v) is 6.18. The van der Waals surface area contributed by atoms with E-state index in [4.69, 9.17) is 9.47 Å². The van der Waals surface area contributed by atoms with Gasteiger partial charge in [0.1, 0.15) is 17.9 Å². The van der Waals surface area contributed by atoms with Gasteiger partial charge in [0, 0.05) is 29.4 Å². The Hall–Kier alpha value is -3.18. The second kappa shape index (κ2) is 8.01. The molecule has 1 aliphatic heterocycles. The Labute approximate surface area is 158 Å². The minimum atomic E-state index is 0.610. The van der Waals surface area contributed by atoms with Gasteiger partial charge in [-0.1, -0.05) is 30.3 Å². The molecule has 0 bridgehead atoms. The van der Waals surface area contributed by atoms with Crippen molar-refractivity contribution >= 4 is 11.5 Å². The van der Waals surface area contributed by atoms with Gasteiger partial charge in [-0.25, -0.2) is 9.97 Å². The third kappa shape index (κ3) is 3.83. The van der Waals surface area contributed by atoms with Crippen molar-refractivity contribution in [2.75, 3.05) is 25.2 Å². The molecule has 4 rings (SSSR count). The Morgan fingerprint density at radius 2 is 1.81 bits per heavy atom. The van der Waals surface area contributed by atoms with Crippen molar-refractivity contribution in [2.24, 2.45) is 0 Å². The van der Waals surface area contributed by atoms with Gasteiger partial charge in [0.15, 0.2) is 0 Å². The third-order valence-corrected chi connectivity index (χ3v) is 4.51. The summed E-state index contributed by atoms with van der Waals surface area (Å²) in [5, 5.41) is 0. The number of benzene rings is 2. The van der Waals surface area contributed by atoms with Gasteiger partial charge in [0.25, 0.3) is 0 Å². The van der Waals surface area contributed by atoms with Crippen molar-refractivity contribution < 1.29 is 9.47 Å². The molecule has 1 aliphatic rings. The number of methoxy groups -OCH3 is 1. The lowest BCUT2D eigenvalue weighted by Gasteiger charge is -2.29. The number of hydrogen-bond donors (Lipinski definition) is 0. The fourth-order valence-electron chi connectivity index (χ4n) is 3.13. The number of aromatic nitrogens is 2. The van der Waals surface area contributed by atoms with Gasteiger partial charge in [0.05, 0.1) is 26.0 Å². The van der Waals surface area contributed by atoms with E-state index in [0.29, 0.717) is 13.2 Å². The lowest BCUT2D eigenvalue weighted by atomic mass is 10.1. The predicted octanol–water partition coefficient (Wildman–Crippen LogP) is 4.59. The second-order valence-electron chi connectivity index (χ2n) is 6.18. The molecule has 27 heavy (non-hydrogen) atoms. The first-order chi connectivity index (χ1) is 13.3. The van der Waals surface area contributed by atoms with E-state index >= 15 is 0 Å². The number of anilines is 2. The zero-order chi connectivity index (χ0) is 18.5. The van der Waals surface area contributed by atoms with Crippen LogP contribution in [-0.2, 0) is 4.74 Å². The summed E-state index contributed by atoms with van der Waals surface area (Å²) in [5.74, 6) is 1.66. The summed E-state index contributed by atoms with van der Waals surface area (Å²) >= 11 is 0. The average molecular weight is 359 g/mol. The quantitative estimate of drug-likeness (QED) is 0.666. The van der Waals surface area contributed by atoms with E-state index in [1.807, 2.05) is 48.5 Å². The van der Waals surface area contributed by atoms with E-state index in [9.17, 15) is 0 Å². The largest absolute Gasteiger partial charge is 0.497 e. The molecule has 2 heterocycles. The minimum absolute atomic E-state index is 0.610. The van der Waals surface area contributed by atoms with E-state index in [1.54, 1.807) is 13.4 Å². The molecule has 0 saturated heterocycles. The Balaban J connectivity index is 1.77. The molecule has 0 aliphatic carbocycles. The van der Waals surface area contributed by atoms with E-state index in [2.05, 4.69) is 33.1 Å². The zero-order valence-electron chi connectivity index (χ0n) is 15.2. The van der Waals surface area contributed by atoms with Gasteiger partial charge in [0.2, 0.25) is 0 Å². The molecule has 0 atom stereocenters. The lowest BCUT2D eigenvalue weighted by molar-refractivity contribution is 0.154. The fourth-order valence-corrected chi connectivity index (χ4v) is 3.13. The van der Waals surface area contributed by atoms with Crippen molar-refractivity contribution in [3.05, 3.63) is 78.8 Å². The summed E-state index contributed by atoms with van der Waals surface area (Å²) in [5.41, 5.74) is 4.16. The van der Waals surface area contributed by atoms with Crippen LogP contribution in [0, 0.1) is 0 Å². The highest BCUT2D eigenvalue weighted by Gasteiger charge is 2.19. The number of rotatable bonds is 5. The predicted molar refractivity (Wildman–Crippen MR) is 106 cm³/mol. The maximum Gasteiger partial charge on any atom is 0.141 e. The van der Waals surface area contributed by atoms with Crippen LogP contribution in [0.1, 0.15) is 6.42 Å². The summed E-state index contributed by atoms with van der Waals surface area (Å²) in [4.78, 5) is 11.2. The molecule has 3 aromatic rings. The molecule has 0 fully saturated rings. The third-order valence-electron chi connectivity index (χ3n) is 4.51. The highest BCUT2D eigenvalue weighted by molar-refractivity contribution is 5.70. The molecule has 0 unspecified atom stereocenters. The number of nitrogens with zero attached hydrogens (tertiary/aromatic N) is 3. The molecule has 5 heteroatoms.